The second-order valence-corrected chi connectivity index (χ2v) is 6.07. The van der Waals surface area contributed by atoms with Gasteiger partial charge in [0.05, 0.1) is 29.2 Å². The molecule has 0 aliphatic rings. The van der Waals surface area contributed by atoms with E-state index >= 15 is 0 Å². The maximum atomic E-state index is 5.23. The molecule has 0 N–H and O–H groups in total. The lowest BCUT2D eigenvalue weighted by molar-refractivity contribution is 0.205. The minimum absolute atomic E-state index is 0.653. The molecule has 0 saturated heterocycles. The highest BCUT2D eigenvalue weighted by Gasteiger charge is 2.17. The van der Waals surface area contributed by atoms with Crippen LogP contribution in [0.1, 0.15) is 11.4 Å². The van der Waals surface area contributed by atoms with Crippen molar-refractivity contribution in [3.05, 3.63) is 35.8 Å². The van der Waals surface area contributed by atoms with Crippen molar-refractivity contribution in [3.8, 4) is 0 Å². The second kappa shape index (κ2) is 6.41. The van der Waals surface area contributed by atoms with Crippen LogP contribution in [0.3, 0.4) is 0 Å². The minimum Gasteiger partial charge on any atom is -0.383 e. The maximum absolute atomic E-state index is 5.23. The van der Waals surface area contributed by atoms with Crippen molar-refractivity contribution in [1.82, 2.24) is 19.7 Å². The first kappa shape index (κ1) is 14.9. The Morgan fingerprint density at radius 2 is 2.23 bits per heavy atom. The van der Waals surface area contributed by atoms with Crippen LogP contribution in [0.4, 0.5) is 5.13 Å². The van der Waals surface area contributed by atoms with Crippen molar-refractivity contribution < 1.29 is 4.74 Å². The number of anilines is 1. The highest BCUT2D eigenvalue weighted by atomic mass is 32.1. The highest BCUT2D eigenvalue weighted by Crippen LogP contribution is 2.31. The van der Waals surface area contributed by atoms with E-state index in [0.29, 0.717) is 6.61 Å². The Balaban J connectivity index is 1.91. The van der Waals surface area contributed by atoms with Gasteiger partial charge >= 0.3 is 0 Å². The molecule has 3 heterocycles. The minimum atomic E-state index is 0.653. The number of hydrogen-bond acceptors (Lipinski definition) is 6. The molecule has 0 radical (unpaired) electrons. The van der Waals surface area contributed by atoms with E-state index in [4.69, 9.17) is 9.72 Å². The molecule has 0 spiro atoms. The Bertz CT molecular complexity index is 717. The Morgan fingerprint density at radius 1 is 1.36 bits per heavy atom. The van der Waals surface area contributed by atoms with Gasteiger partial charge in [-0.15, -0.1) is 0 Å². The summed E-state index contributed by atoms with van der Waals surface area (Å²) in [6.45, 7) is 4.17. The van der Waals surface area contributed by atoms with E-state index in [1.54, 1.807) is 18.4 Å². The Kier molecular flexibility index (Phi) is 4.35. The summed E-state index contributed by atoms with van der Waals surface area (Å²) in [4.78, 5) is 11.4. The van der Waals surface area contributed by atoms with Gasteiger partial charge in [-0.3, -0.25) is 4.98 Å². The van der Waals surface area contributed by atoms with Gasteiger partial charge in [0.25, 0.3) is 0 Å². The Morgan fingerprint density at radius 3 is 2.91 bits per heavy atom. The third-order valence-corrected chi connectivity index (χ3v) is 4.66. The molecular weight excluding hydrogens is 298 g/mol. The van der Waals surface area contributed by atoms with Gasteiger partial charge in [0.15, 0.2) is 10.8 Å². The number of methoxy groups -OCH3 is 1. The third kappa shape index (κ3) is 2.95. The number of ether oxygens (including phenoxy) is 1. The molecule has 0 aliphatic heterocycles. The monoisotopic (exact) mass is 317 g/mol. The number of aromatic nitrogens is 4. The topological polar surface area (TPSA) is 56.1 Å². The fraction of sp³-hybridized carbons (Fsp3) is 0.400. The summed E-state index contributed by atoms with van der Waals surface area (Å²) in [5.41, 5.74) is 2.97. The van der Waals surface area contributed by atoms with Crippen LogP contribution in [0, 0.1) is 6.92 Å². The van der Waals surface area contributed by atoms with Crippen LogP contribution in [0.5, 0.6) is 0 Å². The predicted molar refractivity (Wildman–Crippen MR) is 88.3 cm³/mol. The number of hydrogen-bond donors (Lipinski definition) is 0. The fourth-order valence-electron chi connectivity index (χ4n) is 2.34. The van der Waals surface area contributed by atoms with E-state index in [2.05, 4.69) is 15.0 Å². The summed E-state index contributed by atoms with van der Waals surface area (Å²) < 4.78 is 8.20. The average molecular weight is 317 g/mol. The zero-order valence-corrected chi connectivity index (χ0v) is 13.8. The van der Waals surface area contributed by atoms with Gasteiger partial charge in [0, 0.05) is 26.9 Å². The second-order valence-electron chi connectivity index (χ2n) is 5.09. The summed E-state index contributed by atoms with van der Waals surface area (Å²) in [5.74, 6) is 0. The van der Waals surface area contributed by atoms with E-state index in [-0.39, 0.29) is 0 Å². The van der Waals surface area contributed by atoms with Crippen LogP contribution in [-0.2, 0) is 18.3 Å². The molecule has 3 aromatic rings. The Hall–Kier alpha value is -1.99. The van der Waals surface area contributed by atoms with Gasteiger partial charge in [-0.1, -0.05) is 17.4 Å². The summed E-state index contributed by atoms with van der Waals surface area (Å²) in [7, 11) is 3.64. The molecule has 0 bridgehead atoms. The first-order chi connectivity index (χ1) is 10.7. The molecule has 0 saturated carbocycles. The molecule has 0 aromatic carbocycles. The number of rotatable bonds is 6. The first-order valence-corrected chi connectivity index (χ1v) is 7.94. The molecule has 0 atom stereocenters. The van der Waals surface area contributed by atoms with Crippen LogP contribution in [-0.4, -0.2) is 40.0 Å². The molecule has 0 amide bonds. The molecular formula is C15H19N5OS. The van der Waals surface area contributed by atoms with E-state index in [9.17, 15) is 0 Å². The molecule has 6 nitrogen and oxygen atoms in total. The van der Waals surface area contributed by atoms with E-state index < -0.39 is 0 Å². The number of aryl methyl sites for hydroxylation is 2. The van der Waals surface area contributed by atoms with Crippen molar-refractivity contribution in [1.29, 1.82) is 0 Å². The SMILES string of the molecule is COCCN(Cc1ccccn1)c1nc2c(s1)c(C)nn2C. The van der Waals surface area contributed by atoms with Gasteiger partial charge in [0.2, 0.25) is 0 Å². The molecule has 116 valence electrons. The number of fused-ring (bicyclic) bond motifs is 1. The first-order valence-electron chi connectivity index (χ1n) is 7.13. The molecule has 22 heavy (non-hydrogen) atoms. The molecule has 0 fully saturated rings. The molecule has 7 heteroatoms. The zero-order valence-electron chi connectivity index (χ0n) is 13.0. The van der Waals surface area contributed by atoms with Gasteiger partial charge in [-0.2, -0.15) is 5.10 Å². The molecule has 0 unspecified atom stereocenters. The van der Waals surface area contributed by atoms with Crippen LogP contribution < -0.4 is 4.90 Å². The van der Waals surface area contributed by atoms with Crippen molar-refractivity contribution >= 4 is 26.8 Å². The lowest BCUT2D eigenvalue weighted by Gasteiger charge is -2.20. The molecule has 0 aliphatic carbocycles. The third-order valence-electron chi connectivity index (χ3n) is 3.45. The van der Waals surface area contributed by atoms with Gasteiger partial charge in [-0.25, -0.2) is 9.67 Å². The summed E-state index contributed by atoms with van der Waals surface area (Å²) >= 11 is 1.67. The average Bonchev–Trinajstić information content (AvgIpc) is 3.07. The van der Waals surface area contributed by atoms with Crippen LogP contribution in [0.2, 0.25) is 0 Å². The smallest absolute Gasteiger partial charge is 0.188 e. The summed E-state index contributed by atoms with van der Waals surface area (Å²) in [6, 6.07) is 5.96. The van der Waals surface area contributed by atoms with Crippen molar-refractivity contribution in [2.75, 3.05) is 25.2 Å². The largest absolute Gasteiger partial charge is 0.383 e. The van der Waals surface area contributed by atoms with Gasteiger partial charge in [0.1, 0.15) is 0 Å². The lowest BCUT2D eigenvalue weighted by atomic mass is 10.3. The maximum Gasteiger partial charge on any atom is 0.188 e. The van der Waals surface area contributed by atoms with Gasteiger partial charge < -0.3 is 9.64 Å². The highest BCUT2D eigenvalue weighted by molar-refractivity contribution is 7.22. The molecule has 3 rings (SSSR count). The quantitative estimate of drug-likeness (QED) is 0.699. The van der Waals surface area contributed by atoms with E-state index in [1.807, 2.05) is 43.0 Å². The number of thiazole rings is 1. The Labute approximate surface area is 133 Å². The standard InChI is InChI=1S/C15H19N5OS/c1-11-13-14(19(2)18-11)17-15(22-13)20(8-9-21-3)10-12-6-4-5-7-16-12/h4-7H,8-10H2,1-3H3. The van der Waals surface area contributed by atoms with E-state index in [0.717, 1.165) is 40.0 Å². The fourth-order valence-corrected chi connectivity index (χ4v) is 3.40. The van der Waals surface area contributed by atoms with Crippen molar-refractivity contribution in [3.63, 3.8) is 0 Å². The molecule has 3 aromatic heterocycles. The lowest BCUT2D eigenvalue weighted by Crippen LogP contribution is -2.27. The van der Waals surface area contributed by atoms with Crippen molar-refractivity contribution in [2.24, 2.45) is 7.05 Å². The predicted octanol–water partition coefficient (Wildman–Crippen LogP) is 2.39. The van der Waals surface area contributed by atoms with Gasteiger partial charge in [-0.05, 0) is 19.1 Å². The van der Waals surface area contributed by atoms with Crippen LogP contribution in [0.15, 0.2) is 24.4 Å². The van der Waals surface area contributed by atoms with Crippen LogP contribution in [0.25, 0.3) is 10.3 Å². The number of pyridine rings is 1. The summed E-state index contributed by atoms with van der Waals surface area (Å²) in [6.07, 6.45) is 1.82. The van der Waals surface area contributed by atoms with Crippen LogP contribution >= 0.6 is 11.3 Å². The van der Waals surface area contributed by atoms with Crippen molar-refractivity contribution in [2.45, 2.75) is 13.5 Å². The normalized spacial score (nSPS) is 11.2. The zero-order chi connectivity index (χ0) is 15.5. The van der Waals surface area contributed by atoms with E-state index in [1.165, 1.54) is 0 Å². The summed E-state index contributed by atoms with van der Waals surface area (Å²) in [5, 5.41) is 5.39. The number of nitrogens with zero attached hydrogens (tertiary/aromatic N) is 5.